The van der Waals surface area contributed by atoms with Crippen molar-refractivity contribution in [3.05, 3.63) is 53.1 Å². The number of aryl methyl sites for hydroxylation is 1. The van der Waals surface area contributed by atoms with Crippen LogP contribution in [0.5, 0.6) is 0 Å². The number of carbonyl (C=O) groups excluding carboxylic acids is 2. The molecule has 0 fully saturated rings. The average Bonchev–Trinajstić information content (AvgIpc) is 2.45. The molecule has 3 rings (SSSR count). The summed E-state index contributed by atoms with van der Waals surface area (Å²) >= 11 is 0. The maximum absolute atomic E-state index is 10.6. The lowest BCUT2D eigenvalue weighted by molar-refractivity contribution is 0.561. The van der Waals surface area contributed by atoms with E-state index in [4.69, 9.17) is 0 Å². The van der Waals surface area contributed by atoms with E-state index in [1.807, 2.05) is 37.3 Å². The summed E-state index contributed by atoms with van der Waals surface area (Å²) in [5.41, 5.74) is 3.35. The van der Waals surface area contributed by atoms with Crippen molar-refractivity contribution in [3.63, 3.8) is 0 Å². The number of hydrogen-bond donors (Lipinski definition) is 0. The van der Waals surface area contributed by atoms with E-state index in [1.54, 1.807) is 18.2 Å². The number of benzene rings is 2. The first kappa shape index (κ1) is 12.2. The molecule has 1 unspecified atom stereocenters. The lowest BCUT2D eigenvalue weighted by Gasteiger charge is -2.21. The van der Waals surface area contributed by atoms with Gasteiger partial charge in [0.1, 0.15) is 6.04 Å². The van der Waals surface area contributed by atoms with E-state index in [0.717, 1.165) is 27.5 Å². The minimum atomic E-state index is -0.461. The third-order valence-electron chi connectivity index (χ3n) is 3.53. The molecule has 0 saturated carbocycles. The van der Waals surface area contributed by atoms with Gasteiger partial charge in [0.15, 0.2) is 0 Å². The molecule has 0 aromatic heterocycles. The summed E-state index contributed by atoms with van der Waals surface area (Å²) in [6.45, 7) is 1.96. The van der Waals surface area contributed by atoms with E-state index < -0.39 is 6.04 Å². The minimum Gasteiger partial charge on any atom is -0.211 e. The van der Waals surface area contributed by atoms with Crippen LogP contribution in [0, 0.1) is 6.92 Å². The Morgan fingerprint density at radius 1 is 1.10 bits per heavy atom. The Bertz CT molecular complexity index is 839. The van der Waals surface area contributed by atoms with Crippen molar-refractivity contribution in [1.82, 2.24) is 0 Å². The largest absolute Gasteiger partial charge is 0.240 e. The van der Waals surface area contributed by atoms with E-state index in [2.05, 4.69) is 9.98 Å². The van der Waals surface area contributed by atoms with Gasteiger partial charge in [-0.1, -0.05) is 30.3 Å². The van der Waals surface area contributed by atoms with Gasteiger partial charge in [-0.25, -0.2) is 9.59 Å². The van der Waals surface area contributed by atoms with Crippen LogP contribution in [0.2, 0.25) is 0 Å². The first-order chi connectivity index (χ1) is 9.76. The molecule has 0 amide bonds. The minimum absolute atomic E-state index is 0.461. The van der Waals surface area contributed by atoms with Crippen molar-refractivity contribution in [3.8, 4) is 0 Å². The van der Waals surface area contributed by atoms with Crippen molar-refractivity contribution in [2.24, 2.45) is 9.98 Å². The Hall–Kier alpha value is -2.80. The summed E-state index contributed by atoms with van der Waals surface area (Å²) in [6.07, 6.45) is 4.84. The van der Waals surface area contributed by atoms with Crippen molar-refractivity contribution >= 4 is 28.6 Å². The third-order valence-corrected chi connectivity index (χ3v) is 3.53. The van der Waals surface area contributed by atoms with Crippen molar-refractivity contribution in [2.45, 2.75) is 13.0 Å². The Labute approximate surface area is 115 Å². The van der Waals surface area contributed by atoms with Crippen LogP contribution in [-0.4, -0.2) is 12.2 Å². The molecule has 0 bridgehead atoms. The topological polar surface area (TPSA) is 58.9 Å². The molecule has 96 valence electrons. The highest BCUT2D eigenvalue weighted by molar-refractivity contribution is 6.00. The molecule has 1 aliphatic carbocycles. The molecule has 2 aromatic rings. The highest BCUT2D eigenvalue weighted by atomic mass is 16.1. The molecular weight excluding hydrogens is 252 g/mol. The maximum Gasteiger partial charge on any atom is 0.240 e. The van der Waals surface area contributed by atoms with E-state index in [-0.39, 0.29) is 0 Å². The summed E-state index contributed by atoms with van der Waals surface area (Å²) in [6, 6.07) is 9.36. The maximum atomic E-state index is 10.6. The van der Waals surface area contributed by atoms with Gasteiger partial charge in [0, 0.05) is 5.56 Å². The summed E-state index contributed by atoms with van der Waals surface area (Å²) < 4.78 is 0. The quantitative estimate of drug-likeness (QED) is 0.616. The molecule has 20 heavy (non-hydrogen) atoms. The second-order valence-corrected chi connectivity index (χ2v) is 4.62. The number of isocyanates is 2. The van der Waals surface area contributed by atoms with E-state index in [0.29, 0.717) is 5.70 Å². The second kappa shape index (κ2) is 4.71. The molecule has 1 aliphatic rings. The van der Waals surface area contributed by atoms with E-state index in [1.165, 1.54) is 0 Å². The molecule has 0 radical (unpaired) electrons. The molecule has 0 aliphatic heterocycles. The van der Waals surface area contributed by atoms with Crippen molar-refractivity contribution in [2.75, 3.05) is 0 Å². The lowest BCUT2D eigenvalue weighted by atomic mass is 9.86. The predicted octanol–water partition coefficient (Wildman–Crippen LogP) is 3.22. The van der Waals surface area contributed by atoms with Crippen LogP contribution < -0.4 is 0 Å². The Morgan fingerprint density at radius 2 is 1.95 bits per heavy atom. The smallest absolute Gasteiger partial charge is 0.211 e. The Balaban J connectivity index is 2.47. The predicted molar refractivity (Wildman–Crippen MR) is 75.6 cm³/mol. The molecule has 0 N–H and O–H groups in total. The number of aliphatic imine (C=N–C) groups is 2. The standard InChI is InChI=1S/C16H10N2O2/c1-10-5-6-11-3-2-4-12-13(17-8-19)7-14(18-9-20)15(10)16(11)12/h2-7,13H,1H3. The van der Waals surface area contributed by atoms with Crippen LogP contribution in [0.4, 0.5) is 0 Å². The fraction of sp³-hybridized carbons (Fsp3) is 0.125. The fourth-order valence-corrected chi connectivity index (χ4v) is 2.72. The molecule has 0 saturated heterocycles. The van der Waals surface area contributed by atoms with Crippen molar-refractivity contribution in [1.29, 1.82) is 0 Å². The van der Waals surface area contributed by atoms with E-state index >= 15 is 0 Å². The summed E-state index contributed by atoms with van der Waals surface area (Å²) in [5, 5.41) is 2.01. The number of rotatable bonds is 2. The van der Waals surface area contributed by atoms with Gasteiger partial charge in [0.2, 0.25) is 12.2 Å². The normalized spacial score (nSPS) is 16.1. The van der Waals surface area contributed by atoms with E-state index in [9.17, 15) is 9.59 Å². The van der Waals surface area contributed by atoms with Gasteiger partial charge in [0.05, 0.1) is 5.70 Å². The van der Waals surface area contributed by atoms with Gasteiger partial charge in [-0.15, -0.1) is 0 Å². The number of hydrogen-bond acceptors (Lipinski definition) is 4. The van der Waals surface area contributed by atoms with Crippen LogP contribution in [-0.2, 0) is 9.59 Å². The van der Waals surface area contributed by atoms with Crippen molar-refractivity contribution < 1.29 is 9.59 Å². The molecule has 4 nitrogen and oxygen atoms in total. The molecule has 1 atom stereocenters. The van der Waals surface area contributed by atoms with Crippen LogP contribution in [0.3, 0.4) is 0 Å². The van der Waals surface area contributed by atoms with Gasteiger partial charge in [-0.2, -0.15) is 9.98 Å². The highest BCUT2D eigenvalue weighted by Crippen LogP contribution is 2.40. The zero-order chi connectivity index (χ0) is 14.1. The van der Waals surface area contributed by atoms with Crippen LogP contribution in [0.1, 0.15) is 22.7 Å². The average molecular weight is 262 g/mol. The first-order valence-corrected chi connectivity index (χ1v) is 6.15. The van der Waals surface area contributed by atoms with Crippen LogP contribution >= 0.6 is 0 Å². The third kappa shape index (κ3) is 1.72. The molecular formula is C16H10N2O2. The molecule has 0 heterocycles. The zero-order valence-electron chi connectivity index (χ0n) is 10.8. The molecule has 4 heteroatoms. The molecule has 0 spiro atoms. The Kier molecular flexibility index (Phi) is 2.88. The highest BCUT2D eigenvalue weighted by Gasteiger charge is 2.23. The van der Waals surface area contributed by atoms with Gasteiger partial charge < -0.3 is 0 Å². The lowest BCUT2D eigenvalue weighted by Crippen LogP contribution is -2.04. The molecule has 2 aromatic carbocycles. The van der Waals surface area contributed by atoms with Gasteiger partial charge in [0.25, 0.3) is 0 Å². The number of nitrogens with zero attached hydrogens (tertiary/aromatic N) is 2. The first-order valence-electron chi connectivity index (χ1n) is 6.15. The zero-order valence-corrected chi connectivity index (χ0v) is 10.8. The SMILES string of the molecule is Cc1ccc2cccc3c2c1C(N=C=O)=CC3N=C=O. The van der Waals surface area contributed by atoms with Gasteiger partial charge in [-0.3, -0.25) is 0 Å². The van der Waals surface area contributed by atoms with Crippen LogP contribution in [0.25, 0.3) is 16.5 Å². The second-order valence-electron chi connectivity index (χ2n) is 4.62. The van der Waals surface area contributed by atoms with Gasteiger partial charge >= 0.3 is 0 Å². The Morgan fingerprint density at radius 3 is 2.70 bits per heavy atom. The fourth-order valence-electron chi connectivity index (χ4n) is 2.72. The monoisotopic (exact) mass is 262 g/mol. The summed E-state index contributed by atoms with van der Waals surface area (Å²) in [4.78, 5) is 28.8. The summed E-state index contributed by atoms with van der Waals surface area (Å²) in [5.74, 6) is 0. The van der Waals surface area contributed by atoms with Crippen LogP contribution in [0.15, 0.2) is 46.4 Å². The summed E-state index contributed by atoms with van der Waals surface area (Å²) in [7, 11) is 0. The van der Waals surface area contributed by atoms with Gasteiger partial charge in [-0.05, 0) is 34.9 Å².